The van der Waals surface area contributed by atoms with E-state index in [2.05, 4.69) is 0 Å². The molecule has 0 saturated carbocycles. The summed E-state index contributed by atoms with van der Waals surface area (Å²) in [6.07, 6.45) is -3.70. The van der Waals surface area contributed by atoms with Crippen LogP contribution in [-0.4, -0.2) is 52.9 Å². The predicted molar refractivity (Wildman–Crippen MR) is 140 cm³/mol. The molecule has 8 N–H and O–H groups in total. The number of aromatic hydroxyl groups is 7. The molecule has 42 heavy (non-hydrogen) atoms. The fraction of sp³-hybridized carbons (Fsp3) is 0.167. The second-order valence-electron chi connectivity index (χ2n) is 10.4. The maximum Gasteiger partial charge on any atom is 0.331 e. The normalized spacial score (nSPS) is 23.5. The highest BCUT2D eigenvalue weighted by molar-refractivity contribution is 6.00. The monoisotopic (exact) mass is 574 g/mol. The molecule has 7 rings (SSSR count). The van der Waals surface area contributed by atoms with Crippen molar-refractivity contribution in [2.45, 2.75) is 30.1 Å². The zero-order chi connectivity index (χ0) is 29.7. The lowest BCUT2D eigenvalue weighted by Gasteiger charge is -2.32. The number of carbonyl (C=O) groups excluding carboxylic acids is 1. The molecule has 4 atom stereocenters. The number of aliphatic hydroxyl groups is 1. The molecule has 0 aliphatic carbocycles. The summed E-state index contributed by atoms with van der Waals surface area (Å²) >= 11 is 0. The fourth-order valence-corrected chi connectivity index (χ4v) is 6.18. The van der Waals surface area contributed by atoms with E-state index in [0.717, 1.165) is 12.1 Å². The van der Waals surface area contributed by atoms with Gasteiger partial charge in [0.05, 0.1) is 17.2 Å². The second-order valence-corrected chi connectivity index (χ2v) is 10.4. The van der Waals surface area contributed by atoms with Gasteiger partial charge in [0, 0.05) is 30.2 Å². The third kappa shape index (κ3) is 3.29. The molecule has 12 nitrogen and oxygen atoms in total. The summed E-state index contributed by atoms with van der Waals surface area (Å²) in [6, 6.07) is 11.1. The van der Waals surface area contributed by atoms with Crippen molar-refractivity contribution in [3.8, 4) is 57.5 Å². The molecule has 0 bridgehead atoms. The van der Waals surface area contributed by atoms with Gasteiger partial charge >= 0.3 is 5.97 Å². The zero-order valence-electron chi connectivity index (χ0n) is 21.3. The number of esters is 1. The molecule has 1 spiro atoms. The van der Waals surface area contributed by atoms with Crippen molar-refractivity contribution in [2.24, 2.45) is 0 Å². The van der Waals surface area contributed by atoms with Gasteiger partial charge in [-0.2, -0.15) is 0 Å². The Morgan fingerprint density at radius 2 is 1.31 bits per heavy atom. The first kappa shape index (κ1) is 25.5. The second kappa shape index (κ2) is 8.51. The van der Waals surface area contributed by atoms with Crippen LogP contribution in [0.25, 0.3) is 0 Å². The largest absolute Gasteiger partial charge is 0.508 e. The molecule has 0 amide bonds. The van der Waals surface area contributed by atoms with E-state index in [4.69, 9.17) is 14.2 Å². The average molecular weight is 574 g/mol. The van der Waals surface area contributed by atoms with Crippen LogP contribution in [0.2, 0.25) is 0 Å². The zero-order valence-corrected chi connectivity index (χ0v) is 21.3. The molecule has 0 unspecified atom stereocenters. The Morgan fingerprint density at radius 1 is 0.667 bits per heavy atom. The van der Waals surface area contributed by atoms with Crippen LogP contribution >= 0.6 is 0 Å². The number of benzene rings is 4. The molecule has 3 aliphatic rings. The number of rotatable bonds is 2. The van der Waals surface area contributed by atoms with Gasteiger partial charge in [-0.25, -0.2) is 0 Å². The van der Waals surface area contributed by atoms with Crippen molar-refractivity contribution >= 4 is 5.97 Å². The summed E-state index contributed by atoms with van der Waals surface area (Å²) in [4.78, 5) is 14.0. The van der Waals surface area contributed by atoms with E-state index in [1.54, 1.807) is 0 Å². The molecule has 3 aliphatic heterocycles. The minimum atomic E-state index is -2.05. The molecule has 0 aromatic heterocycles. The van der Waals surface area contributed by atoms with E-state index >= 15 is 0 Å². The number of hydrogen-bond donors (Lipinski definition) is 8. The van der Waals surface area contributed by atoms with Crippen molar-refractivity contribution in [3.05, 3.63) is 82.4 Å². The standard InChI is InChI=1S/C30H22O12/c31-13-7-19(36)24-23(8-13)41-28(12-2-4-16(33)18(35)6-12)30(24)25-20(37)10-22-14(27(25)42-29(30)39)9-21(38)26(40-22)11-1-3-15(32)17(34)5-11/h1-8,10,21,26,28,31-38H,9H2/t21-,26+,28+,30+/m0/s1. The predicted octanol–water partition coefficient (Wildman–Crippen LogP) is 3.00. The summed E-state index contributed by atoms with van der Waals surface area (Å²) in [5.74, 6) is -4.19. The van der Waals surface area contributed by atoms with Crippen LogP contribution in [0.5, 0.6) is 57.5 Å². The van der Waals surface area contributed by atoms with Gasteiger partial charge in [0.25, 0.3) is 0 Å². The molecule has 3 heterocycles. The molecule has 214 valence electrons. The number of ether oxygens (including phenoxy) is 3. The summed E-state index contributed by atoms with van der Waals surface area (Å²) in [5.41, 5.74) is -1.50. The number of fused-ring (bicyclic) bond motifs is 6. The first-order valence-electron chi connectivity index (χ1n) is 12.7. The summed E-state index contributed by atoms with van der Waals surface area (Å²) < 4.78 is 17.8. The van der Waals surface area contributed by atoms with Gasteiger partial charge in [-0.1, -0.05) is 12.1 Å². The quantitative estimate of drug-likeness (QED) is 0.0988. The fourth-order valence-electron chi connectivity index (χ4n) is 6.18. The smallest absolute Gasteiger partial charge is 0.331 e. The third-order valence-electron chi connectivity index (χ3n) is 7.98. The molecule has 0 radical (unpaired) electrons. The lowest BCUT2D eigenvalue weighted by molar-refractivity contribution is -0.139. The summed E-state index contributed by atoms with van der Waals surface area (Å²) in [7, 11) is 0. The topological polar surface area (TPSA) is 207 Å². The molecule has 0 saturated heterocycles. The van der Waals surface area contributed by atoms with Crippen LogP contribution in [0.3, 0.4) is 0 Å². The Balaban J connectivity index is 1.43. The van der Waals surface area contributed by atoms with E-state index < -0.39 is 58.4 Å². The van der Waals surface area contributed by atoms with Gasteiger partial charge in [-0.3, -0.25) is 4.79 Å². The highest BCUT2D eigenvalue weighted by atomic mass is 16.6. The van der Waals surface area contributed by atoms with Crippen molar-refractivity contribution in [1.29, 1.82) is 0 Å². The van der Waals surface area contributed by atoms with Crippen molar-refractivity contribution in [3.63, 3.8) is 0 Å². The number of carbonyl (C=O) groups is 1. The van der Waals surface area contributed by atoms with Crippen LogP contribution in [0.15, 0.2) is 54.6 Å². The Labute approximate surface area is 236 Å². The first-order chi connectivity index (χ1) is 20.0. The van der Waals surface area contributed by atoms with Crippen LogP contribution < -0.4 is 14.2 Å². The average Bonchev–Trinajstić information content (AvgIpc) is 3.43. The molecule has 0 fully saturated rings. The van der Waals surface area contributed by atoms with Gasteiger partial charge in [-0.05, 0) is 35.4 Å². The Hall–Kier alpha value is -5.49. The molecular formula is C30H22O12. The van der Waals surface area contributed by atoms with Crippen LogP contribution in [0.4, 0.5) is 0 Å². The van der Waals surface area contributed by atoms with Crippen molar-refractivity contribution < 1.29 is 59.9 Å². The minimum absolute atomic E-state index is 0.0758. The number of phenols is 7. The number of aliphatic hydroxyl groups excluding tert-OH is 1. The van der Waals surface area contributed by atoms with Gasteiger partial charge in [0.1, 0.15) is 46.7 Å². The minimum Gasteiger partial charge on any atom is -0.508 e. The van der Waals surface area contributed by atoms with Crippen LogP contribution in [0, 0.1) is 0 Å². The van der Waals surface area contributed by atoms with E-state index in [9.17, 15) is 45.6 Å². The summed E-state index contributed by atoms with van der Waals surface area (Å²) in [5, 5.41) is 83.4. The van der Waals surface area contributed by atoms with E-state index in [0.29, 0.717) is 5.56 Å². The van der Waals surface area contributed by atoms with Crippen LogP contribution in [-0.2, 0) is 16.6 Å². The highest BCUT2D eigenvalue weighted by Crippen LogP contribution is 2.66. The first-order valence-corrected chi connectivity index (χ1v) is 12.7. The molecule has 4 aromatic carbocycles. The third-order valence-corrected chi connectivity index (χ3v) is 7.98. The van der Waals surface area contributed by atoms with E-state index in [1.807, 2.05) is 0 Å². The number of hydrogen-bond acceptors (Lipinski definition) is 12. The van der Waals surface area contributed by atoms with Gasteiger partial charge in [0.15, 0.2) is 28.4 Å². The van der Waals surface area contributed by atoms with E-state index in [-0.39, 0.29) is 57.4 Å². The molecular weight excluding hydrogens is 552 g/mol. The Morgan fingerprint density at radius 3 is 2.00 bits per heavy atom. The van der Waals surface area contributed by atoms with Gasteiger partial charge < -0.3 is 55.1 Å². The van der Waals surface area contributed by atoms with Crippen LogP contribution in [0.1, 0.15) is 40.0 Å². The SMILES string of the molecule is O=C1Oc2c3c(cc(O)c2[C@@]12c1c(O)cc(O)cc1O[C@@H]2c1ccc(O)c(O)c1)O[C@H](c1ccc(O)c(O)c1)[C@@H](O)C3. The number of phenolic OH excluding ortho intramolecular Hbond substituents is 7. The Kier molecular flexibility index (Phi) is 5.16. The highest BCUT2D eigenvalue weighted by Gasteiger charge is 2.66. The molecule has 12 heteroatoms. The molecule has 4 aromatic rings. The Bertz CT molecular complexity index is 1830. The maximum absolute atomic E-state index is 14.0. The lowest BCUT2D eigenvalue weighted by atomic mass is 9.69. The maximum atomic E-state index is 14.0. The lowest BCUT2D eigenvalue weighted by Crippen LogP contribution is -2.39. The van der Waals surface area contributed by atoms with Gasteiger partial charge in [-0.15, -0.1) is 0 Å². The summed E-state index contributed by atoms with van der Waals surface area (Å²) in [6.45, 7) is 0. The van der Waals surface area contributed by atoms with Crippen molar-refractivity contribution in [1.82, 2.24) is 0 Å². The van der Waals surface area contributed by atoms with Gasteiger partial charge in [0.2, 0.25) is 0 Å². The van der Waals surface area contributed by atoms with Crippen molar-refractivity contribution in [2.75, 3.05) is 0 Å². The van der Waals surface area contributed by atoms with E-state index in [1.165, 1.54) is 42.5 Å².